The fourth-order valence-electron chi connectivity index (χ4n) is 4.18. The van der Waals surface area contributed by atoms with E-state index in [-0.39, 0.29) is 12.1 Å². The Morgan fingerprint density at radius 3 is 2.75 bits per heavy atom. The maximum atomic E-state index is 12.4. The lowest BCUT2D eigenvalue weighted by Gasteiger charge is -2.49. The summed E-state index contributed by atoms with van der Waals surface area (Å²) in [5, 5.41) is 0. The molecule has 0 saturated carbocycles. The van der Waals surface area contributed by atoms with E-state index in [2.05, 4.69) is 14.9 Å². The van der Waals surface area contributed by atoms with Gasteiger partial charge in [-0.3, -0.25) is 9.88 Å². The molecular weight excluding hydrogens is 308 g/mol. The van der Waals surface area contributed by atoms with E-state index in [9.17, 15) is 4.79 Å². The number of carbonyl (C=O) groups is 1. The first-order chi connectivity index (χ1) is 11.7. The fraction of sp³-hybridized carbons (Fsp3) is 0.471. The number of aromatic nitrogens is 2. The summed E-state index contributed by atoms with van der Waals surface area (Å²) in [5.74, 6) is 0.981. The van der Waals surface area contributed by atoms with Crippen molar-refractivity contribution in [1.82, 2.24) is 14.9 Å². The molecule has 0 aromatic carbocycles. The van der Waals surface area contributed by atoms with E-state index < -0.39 is 5.60 Å². The maximum Gasteiger partial charge on any atom is 0.418 e. The molecule has 6 rings (SSSR count). The second kappa shape index (κ2) is 5.04. The van der Waals surface area contributed by atoms with Crippen LogP contribution < -0.4 is 4.90 Å². The van der Waals surface area contributed by atoms with Crippen LogP contribution >= 0.6 is 0 Å². The van der Waals surface area contributed by atoms with Crippen molar-refractivity contribution in [3.8, 4) is 11.5 Å². The summed E-state index contributed by atoms with van der Waals surface area (Å²) in [6.07, 6.45) is 5.12. The van der Waals surface area contributed by atoms with E-state index in [1.54, 1.807) is 12.4 Å². The van der Waals surface area contributed by atoms with Gasteiger partial charge in [0, 0.05) is 18.7 Å². The van der Waals surface area contributed by atoms with Crippen LogP contribution in [0.1, 0.15) is 12.8 Å². The Bertz CT molecular complexity index is 769. The summed E-state index contributed by atoms with van der Waals surface area (Å²) in [6, 6.07) is 5.86. The van der Waals surface area contributed by atoms with Gasteiger partial charge < -0.3 is 9.15 Å². The van der Waals surface area contributed by atoms with Crippen LogP contribution in [-0.2, 0) is 4.74 Å². The average molecular weight is 326 g/mol. The van der Waals surface area contributed by atoms with E-state index in [1.165, 1.54) is 4.90 Å². The normalized spacial score (nSPS) is 31.7. The lowest BCUT2D eigenvalue weighted by molar-refractivity contribution is -0.0881. The minimum atomic E-state index is -0.410. The highest BCUT2D eigenvalue weighted by atomic mass is 16.6. The highest BCUT2D eigenvalue weighted by molar-refractivity contribution is 5.88. The number of ether oxygens (including phenoxy) is 1. The lowest BCUT2D eigenvalue weighted by atomic mass is 9.75. The Kier molecular flexibility index (Phi) is 2.94. The largest absolute Gasteiger partial charge is 0.439 e. The van der Waals surface area contributed by atoms with Crippen LogP contribution in [0.25, 0.3) is 11.5 Å². The minimum Gasteiger partial charge on any atom is -0.439 e. The van der Waals surface area contributed by atoms with Crippen LogP contribution in [-0.4, -0.2) is 52.7 Å². The van der Waals surface area contributed by atoms with Crippen molar-refractivity contribution in [3.05, 3.63) is 30.6 Å². The molecule has 4 aliphatic rings. The van der Waals surface area contributed by atoms with Crippen LogP contribution in [0.4, 0.5) is 10.8 Å². The predicted octanol–water partition coefficient (Wildman–Crippen LogP) is 2.16. The van der Waals surface area contributed by atoms with E-state index >= 15 is 0 Å². The molecule has 7 nitrogen and oxygen atoms in total. The molecule has 4 saturated heterocycles. The number of amides is 1. The Hall–Kier alpha value is -2.41. The Labute approximate surface area is 139 Å². The topological polar surface area (TPSA) is 71.7 Å². The van der Waals surface area contributed by atoms with Crippen LogP contribution in [0, 0.1) is 5.92 Å². The molecule has 1 spiro atoms. The van der Waals surface area contributed by atoms with Crippen molar-refractivity contribution >= 4 is 12.1 Å². The van der Waals surface area contributed by atoms with E-state index in [0.29, 0.717) is 23.9 Å². The summed E-state index contributed by atoms with van der Waals surface area (Å²) in [5.41, 5.74) is 0.286. The molecule has 2 bridgehead atoms. The molecule has 1 atom stereocenters. The third-order valence-electron chi connectivity index (χ3n) is 5.40. The summed E-state index contributed by atoms with van der Waals surface area (Å²) in [4.78, 5) is 24.9. The van der Waals surface area contributed by atoms with E-state index in [4.69, 9.17) is 9.15 Å². The predicted molar refractivity (Wildman–Crippen MR) is 85.5 cm³/mol. The number of rotatable bonds is 2. The van der Waals surface area contributed by atoms with Gasteiger partial charge in [-0.15, -0.1) is 0 Å². The van der Waals surface area contributed by atoms with Gasteiger partial charge in [0.05, 0.1) is 12.7 Å². The summed E-state index contributed by atoms with van der Waals surface area (Å²) in [7, 11) is 0. The average Bonchev–Trinajstić information content (AvgIpc) is 3.22. The fourth-order valence-corrected chi connectivity index (χ4v) is 4.18. The van der Waals surface area contributed by atoms with E-state index in [0.717, 1.165) is 32.5 Å². The number of oxazole rings is 1. The molecule has 1 amide bonds. The molecule has 4 fully saturated rings. The molecule has 0 aliphatic carbocycles. The zero-order valence-corrected chi connectivity index (χ0v) is 13.2. The zero-order chi connectivity index (χ0) is 16.1. The number of fused-ring (bicyclic) bond motifs is 2. The van der Waals surface area contributed by atoms with Crippen LogP contribution in [0.2, 0.25) is 0 Å². The Morgan fingerprint density at radius 1 is 1.17 bits per heavy atom. The van der Waals surface area contributed by atoms with Crippen molar-refractivity contribution in [1.29, 1.82) is 0 Å². The van der Waals surface area contributed by atoms with Crippen molar-refractivity contribution in [3.63, 3.8) is 0 Å². The first-order valence-electron chi connectivity index (χ1n) is 8.34. The number of pyridine rings is 1. The van der Waals surface area contributed by atoms with Crippen LogP contribution in [0.15, 0.2) is 35.0 Å². The third-order valence-corrected chi connectivity index (χ3v) is 5.40. The molecule has 6 heterocycles. The van der Waals surface area contributed by atoms with Crippen molar-refractivity contribution in [2.24, 2.45) is 5.92 Å². The standard InChI is InChI=1S/C17H18N4O3/c22-16-21(11-17(24-16)10-20-7-4-12(17)5-8-20)15-19-9-14(23-15)13-3-1-2-6-18-13/h1-3,6,9,12H,4-5,7-8,10-11H2. The molecule has 2 aromatic rings. The molecular formula is C17H18N4O3. The SMILES string of the molecule is O=C1OC2(CN3CCC2CC3)CN1c1ncc(-c2ccccn2)o1. The Morgan fingerprint density at radius 2 is 2.04 bits per heavy atom. The molecule has 2 aromatic heterocycles. The molecule has 124 valence electrons. The van der Waals surface area contributed by atoms with Crippen molar-refractivity contribution in [2.75, 3.05) is 31.1 Å². The highest BCUT2D eigenvalue weighted by Crippen LogP contribution is 2.43. The molecule has 0 N–H and O–H groups in total. The van der Waals surface area contributed by atoms with Gasteiger partial charge in [-0.05, 0) is 38.1 Å². The number of nitrogens with zero attached hydrogens (tertiary/aromatic N) is 4. The Balaban J connectivity index is 1.42. The smallest absolute Gasteiger partial charge is 0.418 e. The lowest BCUT2D eigenvalue weighted by Crippen LogP contribution is -2.61. The monoisotopic (exact) mass is 326 g/mol. The number of piperidine rings is 3. The molecule has 4 aliphatic heterocycles. The van der Waals surface area contributed by atoms with Gasteiger partial charge in [0.2, 0.25) is 0 Å². The van der Waals surface area contributed by atoms with Gasteiger partial charge in [-0.25, -0.2) is 14.7 Å². The highest BCUT2D eigenvalue weighted by Gasteiger charge is 2.56. The van der Waals surface area contributed by atoms with Gasteiger partial charge in [0.1, 0.15) is 11.3 Å². The molecule has 7 heteroatoms. The second-order valence-electron chi connectivity index (χ2n) is 6.79. The quantitative estimate of drug-likeness (QED) is 0.842. The van der Waals surface area contributed by atoms with Gasteiger partial charge >= 0.3 is 12.1 Å². The molecule has 0 radical (unpaired) electrons. The number of hydrogen-bond donors (Lipinski definition) is 0. The van der Waals surface area contributed by atoms with Gasteiger partial charge in [-0.1, -0.05) is 6.07 Å². The zero-order valence-electron chi connectivity index (χ0n) is 13.2. The van der Waals surface area contributed by atoms with Crippen molar-refractivity contribution < 1.29 is 13.9 Å². The first kappa shape index (κ1) is 14.0. The minimum absolute atomic E-state index is 0.286. The maximum absolute atomic E-state index is 12.4. The van der Waals surface area contributed by atoms with Crippen molar-refractivity contribution in [2.45, 2.75) is 18.4 Å². The molecule has 24 heavy (non-hydrogen) atoms. The summed E-state index contributed by atoms with van der Waals surface area (Å²) < 4.78 is 11.6. The van der Waals surface area contributed by atoms with E-state index in [1.807, 2.05) is 18.2 Å². The van der Waals surface area contributed by atoms with Gasteiger partial charge in [0.25, 0.3) is 0 Å². The first-order valence-corrected chi connectivity index (χ1v) is 8.34. The second-order valence-corrected chi connectivity index (χ2v) is 6.79. The number of carbonyl (C=O) groups excluding carboxylic acids is 1. The summed E-state index contributed by atoms with van der Waals surface area (Å²) in [6.45, 7) is 3.53. The van der Waals surface area contributed by atoms with Crippen LogP contribution in [0.3, 0.4) is 0 Å². The van der Waals surface area contributed by atoms with Gasteiger partial charge in [-0.2, -0.15) is 0 Å². The number of anilines is 1. The van der Waals surface area contributed by atoms with Crippen LogP contribution in [0.5, 0.6) is 0 Å². The number of hydrogen-bond acceptors (Lipinski definition) is 6. The molecule has 1 unspecified atom stereocenters. The van der Waals surface area contributed by atoms with Gasteiger partial charge in [0.15, 0.2) is 5.76 Å². The third kappa shape index (κ3) is 2.04. The summed E-state index contributed by atoms with van der Waals surface area (Å²) >= 11 is 0.